The molecule has 0 saturated carbocycles. The highest BCUT2D eigenvalue weighted by Crippen LogP contribution is 2.29. The average Bonchev–Trinajstić information content (AvgIpc) is 2.64. The summed E-state index contributed by atoms with van der Waals surface area (Å²) in [6.07, 6.45) is 1.41. The van der Waals surface area contributed by atoms with E-state index in [4.69, 9.17) is 11.6 Å². The first-order valence-electron chi connectivity index (χ1n) is 8.15. The van der Waals surface area contributed by atoms with Gasteiger partial charge in [-0.15, -0.1) is 0 Å². The lowest BCUT2D eigenvalue weighted by Gasteiger charge is -2.10. The molecule has 2 N–H and O–H groups in total. The van der Waals surface area contributed by atoms with Crippen molar-refractivity contribution in [3.8, 4) is 0 Å². The summed E-state index contributed by atoms with van der Waals surface area (Å²) in [6.45, 7) is 3.85. The van der Waals surface area contributed by atoms with Crippen molar-refractivity contribution in [1.29, 1.82) is 0 Å². The molecule has 0 aliphatic rings. The minimum Gasteiger partial charge on any atom is -0.280 e. The minimum absolute atomic E-state index is 0.116. The van der Waals surface area contributed by atoms with Crippen molar-refractivity contribution in [2.24, 2.45) is 5.10 Å². The van der Waals surface area contributed by atoms with E-state index in [0.29, 0.717) is 23.6 Å². The van der Waals surface area contributed by atoms with Gasteiger partial charge in [-0.05, 0) is 49.2 Å². The van der Waals surface area contributed by atoms with Gasteiger partial charge in [0.25, 0.3) is 15.7 Å². The molecule has 144 valence electrons. The molecule has 2 rings (SSSR count). The Bertz CT molecular complexity index is 953. The Labute approximate surface area is 162 Å². The molecular weight excluding hydrogens is 392 g/mol. The first kappa shape index (κ1) is 20.7. The maximum atomic E-state index is 12.5. The number of anilines is 2. The predicted octanol–water partition coefficient (Wildman–Crippen LogP) is 4.64. The molecule has 0 bridgehead atoms. The topological polar surface area (TPSA) is 114 Å². The van der Waals surface area contributed by atoms with Crippen LogP contribution < -0.4 is 10.1 Å². The second kappa shape index (κ2) is 8.83. The van der Waals surface area contributed by atoms with Crippen molar-refractivity contribution in [2.75, 3.05) is 10.1 Å². The number of rotatable bonds is 8. The van der Waals surface area contributed by atoms with Crippen LogP contribution in [0.4, 0.5) is 17.1 Å². The van der Waals surface area contributed by atoms with Crippen molar-refractivity contribution in [3.05, 3.63) is 57.6 Å². The molecule has 0 aliphatic carbocycles. The standard InChI is InChI=1S/C17H19ClN4O4S/c1-3-13(4-2)19-20-16-10-9-15(11-17(16)22(23)24)27(25,26)21-14-7-5-12(18)6-8-14/h5-11,20-21H,3-4H2,1-2H3. The van der Waals surface area contributed by atoms with Gasteiger partial charge >= 0.3 is 0 Å². The summed E-state index contributed by atoms with van der Waals surface area (Å²) < 4.78 is 27.4. The third-order valence-corrected chi connectivity index (χ3v) is 5.35. The average molecular weight is 411 g/mol. The van der Waals surface area contributed by atoms with Crippen LogP contribution in [0.3, 0.4) is 0 Å². The number of hydrogen-bond donors (Lipinski definition) is 2. The molecule has 2 aromatic carbocycles. The first-order valence-corrected chi connectivity index (χ1v) is 10.0. The Morgan fingerprint density at radius 1 is 1.15 bits per heavy atom. The lowest BCUT2D eigenvalue weighted by Crippen LogP contribution is -2.13. The predicted molar refractivity (Wildman–Crippen MR) is 107 cm³/mol. The van der Waals surface area contributed by atoms with Crippen LogP contribution in [0.25, 0.3) is 0 Å². The van der Waals surface area contributed by atoms with Gasteiger partial charge in [-0.3, -0.25) is 20.3 Å². The van der Waals surface area contributed by atoms with Gasteiger partial charge in [0.1, 0.15) is 5.69 Å². The van der Waals surface area contributed by atoms with Crippen LogP contribution in [-0.4, -0.2) is 19.1 Å². The largest absolute Gasteiger partial charge is 0.295 e. The third kappa shape index (κ3) is 5.41. The molecule has 10 heteroatoms. The van der Waals surface area contributed by atoms with Crippen LogP contribution in [0.5, 0.6) is 0 Å². The van der Waals surface area contributed by atoms with Gasteiger partial charge in [-0.25, -0.2) is 8.42 Å². The highest BCUT2D eigenvalue weighted by molar-refractivity contribution is 7.92. The van der Waals surface area contributed by atoms with Crippen molar-refractivity contribution in [3.63, 3.8) is 0 Å². The van der Waals surface area contributed by atoms with Crippen LogP contribution in [0, 0.1) is 10.1 Å². The highest BCUT2D eigenvalue weighted by Gasteiger charge is 2.21. The fourth-order valence-electron chi connectivity index (χ4n) is 2.20. The molecule has 0 fully saturated rings. The Kier molecular flexibility index (Phi) is 6.75. The SMILES string of the molecule is CCC(CC)=NNc1ccc(S(=O)(=O)Nc2ccc(Cl)cc2)cc1[N+](=O)[O-]. The minimum atomic E-state index is -4.00. The van der Waals surface area contributed by atoms with Crippen LogP contribution in [0.15, 0.2) is 52.5 Å². The third-order valence-electron chi connectivity index (χ3n) is 3.72. The molecule has 0 aromatic heterocycles. The summed E-state index contributed by atoms with van der Waals surface area (Å²) in [7, 11) is -4.00. The Balaban J connectivity index is 2.34. The van der Waals surface area contributed by atoms with E-state index < -0.39 is 14.9 Å². The Morgan fingerprint density at radius 3 is 2.33 bits per heavy atom. The smallest absolute Gasteiger partial charge is 0.280 e. The van der Waals surface area contributed by atoms with Gasteiger partial charge in [0.05, 0.1) is 9.82 Å². The summed E-state index contributed by atoms with van der Waals surface area (Å²) in [5.41, 5.74) is 3.51. The summed E-state index contributed by atoms with van der Waals surface area (Å²) in [5.74, 6) is 0. The number of sulfonamides is 1. The van der Waals surface area contributed by atoms with Gasteiger partial charge < -0.3 is 0 Å². The molecular formula is C17H19ClN4O4S. The normalized spacial score (nSPS) is 10.9. The van der Waals surface area contributed by atoms with Crippen LogP contribution in [0.2, 0.25) is 5.02 Å². The van der Waals surface area contributed by atoms with E-state index in [2.05, 4.69) is 15.2 Å². The zero-order valence-electron chi connectivity index (χ0n) is 14.8. The fraction of sp³-hybridized carbons (Fsp3) is 0.235. The monoisotopic (exact) mass is 410 g/mol. The van der Waals surface area contributed by atoms with Crippen LogP contribution in [0.1, 0.15) is 26.7 Å². The van der Waals surface area contributed by atoms with Crippen molar-refractivity contribution in [2.45, 2.75) is 31.6 Å². The van der Waals surface area contributed by atoms with Crippen LogP contribution in [-0.2, 0) is 10.0 Å². The molecule has 0 heterocycles. The fourth-order valence-corrected chi connectivity index (χ4v) is 3.41. The maximum absolute atomic E-state index is 12.5. The van der Waals surface area contributed by atoms with E-state index in [9.17, 15) is 18.5 Å². The lowest BCUT2D eigenvalue weighted by atomic mass is 10.2. The molecule has 27 heavy (non-hydrogen) atoms. The van der Waals surface area contributed by atoms with Crippen molar-refractivity contribution >= 4 is 44.4 Å². The van der Waals surface area contributed by atoms with Gasteiger partial charge in [0, 0.05) is 22.5 Å². The number of benzene rings is 2. The molecule has 0 atom stereocenters. The molecule has 0 spiro atoms. The zero-order valence-corrected chi connectivity index (χ0v) is 16.3. The summed E-state index contributed by atoms with van der Waals surface area (Å²) in [5, 5.41) is 16.0. The lowest BCUT2D eigenvalue weighted by molar-refractivity contribution is -0.384. The Morgan fingerprint density at radius 2 is 1.78 bits per heavy atom. The van der Waals surface area contributed by atoms with E-state index >= 15 is 0 Å². The maximum Gasteiger partial charge on any atom is 0.295 e. The molecule has 0 radical (unpaired) electrons. The molecule has 0 aliphatic heterocycles. The molecule has 0 unspecified atom stereocenters. The number of nitro benzene ring substituents is 1. The highest BCUT2D eigenvalue weighted by atomic mass is 35.5. The van der Waals surface area contributed by atoms with E-state index in [0.717, 1.165) is 11.8 Å². The molecule has 8 nitrogen and oxygen atoms in total. The second-order valence-corrected chi connectivity index (χ2v) is 7.66. The van der Waals surface area contributed by atoms with Gasteiger partial charge in [-0.2, -0.15) is 5.10 Å². The number of hydrogen-bond acceptors (Lipinski definition) is 6. The van der Waals surface area contributed by atoms with E-state index in [1.54, 1.807) is 0 Å². The number of nitro groups is 1. The summed E-state index contributed by atoms with van der Waals surface area (Å²) >= 11 is 5.78. The number of nitrogens with one attached hydrogen (secondary N) is 2. The number of halogens is 1. The zero-order chi connectivity index (χ0) is 20.0. The molecule has 0 saturated heterocycles. The van der Waals surface area contributed by atoms with Gasteiger partial charge in [0.2, 0.25) is 0 Å². The van der Waals surface area contributed by atoms with E-state index in [1.807, 2.05) is 13.8 Å². The molecule has 2 aromatic rings. The second-order valence-electron chi connectivity index (χ2n) is 5.55. The van der Waals surface area contributed by atoms with Crippen LogP contribution >= 0.6 is 11.6 Å². The van der Waals surface area contributed by atoms with Gasteiger partial charge in [-0.1, -0.05) is 25.4 Å². The number of nitrogens with zero attached hydrogens (tertiary/aromatic N) is 2. The van der Waals surface area contributed by atoms with E-state index in [1.165, 1.54) is 36.4 Å². The molecule has 0 amide bonds. The van der Waals surface area contributed by atoms with Gasteiger partial charge in [0.15, 0.2) is 0 Å². The summed E-state index contributed by atoms with van der Waals surface area (Å²) in [6, 6.07) is 9.65. The number of hydrazone groups is 1. The quantitative estimate of drug-likeness (QED) is 0.374. The Hall–Kier alpha value is -2.65. The van der Waals surface area contributed by atoms with Crippen molar-refractivity contribution in [1.82, 2.24) is 0 Å². The summed E-state index contributed by atoms with van der Waals surface area (Å²) in [4.78, 5) is 10.5. The van der Waals surface area contributed by atoms with E-state index in [-0.39, 0.29) is 16.3 Å². The first-order chi connectivity index (χ1) is 12.8. The van der Waals surface area contributed by atoms with Crippen molar-refractivity contribution < 1.29 is 13.3 Å².